The van der Waals surface area contributed by atoms with Gasteiger partial charge >= 0.3 is 0 Å². The number of rotatable bonds is 5. The zero-order chi connectivity index (χ0) is 15.6. The van der Waals surface area contributed by atoms with Gasteiger partial charge in [0.2, 0.25) is 5.91 Å². The van der Waals surface area contributed by atoms with E-state index >= 15 is 0 Å². The van der Waals surface area contributed by atoms with Gasteiger partial charge < -0.3 is 5.73 Å². The van der Waals surface area contributed by atoms with Gasteiger partial charge in [-0.05, 0) is 30.5 Å². The number of hydrogen-bond acceptors (Lipinski definition) is 3. The van der Waals surface area contributed by atoms with Crippen molar-refractivity contribution >= 4 is 40.4 Å². The highest BCUT2D eigenvalue weighted by atomic mass is 35.5. The first-order valence-corrected chi connectivity index (χ1v) is 7.70. The van der Waals surface area contributed by atoms with E-state index in [0.717, 1.165) is 10.9 Å². The molecule has 1 aromatic heterocycles. The zero-order valence-electron chi connectivity index (χ0n) is 11.1. The van der Waals surface area contributed by atoms with E-state index in [0.29, 0.717) is 6.54 Å². The quantitative estimate of drug-likeness (QED) is 0.811. The molecule has 112 valence electrons. The molecule has 0 aliphatic carbocycles. The Morgan fingerprint density at radius 2 is 2.14 bits per heavy atom. The van der Waals surface area contributed by atoms with Crippen LogP contribution in [-0.2, 0) is 16.9 Å². The van der Waals surface area contributed by atoms with Gasteiger partial charge in [-0.2, -0.15) is 0 Å². The molecule has 1 aromatic carbocycles. The molecule has 2 rings (SSSR count). The van der Waals surface area contributed by atoms with E-state index in [9.17, 15) is 9.18 Å². The van der Waals surface area contributed by atoms with Gasteiger partial charge in [0, 0.05) is 22.0 Å². The van der Waals surface area contributed by atoms with Crippen LogP contribution in [0.3, 0.4) is 0 Å². The summed E-state index contributed by atoms with van der Waals surface area (Å²) in [5, 5.41) is 5.05. The number of primary amides is 1. The predicted molar refractivity (Wildman–Crippen MR) is 84.1 cm³/mol. The first-order valence-electron chi connectivity index (χ1n) is 6.07. The van der Waals surface area contributed by atoms with Crippen molar-refractivity contribution in [3.05, 3.63) is 55.9 Å². The smallest absolute Gasteiger partial charge is 0.242 e. The maximum atomic E-state index is 13.7. The number of carbonyl (C=O) groups is 1. The van der Waals surface area contributed by atoms with Crippen LogP contribution < -0.4 is 11.1 Å². The second kappa shape index (κ2) is 6.32. The Bertz CT molecular complexity index is 663. The fraction of sp³-hybridized carbons (Fsp3) is 0.214. The molecule has 0 bridgehead atoms. The van der Waals surface area contributed by atoms with E-state index in [2.05, 4.69) is 5.32 Å². The number of nitrogens with two attached hydrogens (primary N) is 1. The summed E-state index contributed by atoms with van der Waals surface area (Å²) in [7, 11) is 0. The third-order valence-electron chi connectivity index (χ3n) is 3.24. The summed E-state index contributed by atoms with van der Waals surface area (Å²) in [4.78, 5) is 12.9. The summed E-state index contributed by atoms with van der Waals surface area (Å²) in [5.41, 5.74) is 4.45. The van der Waals surface area contributed by atoms with Crippen molar-refractivity contribution in [3.8, 4) is 0 Å². The number of halogens is 3. The van der Waals surface area contributed by atoms with Crippen LogP contribution in [0.4, 0.5) is 4.39 Å². The Balaban J connectivity index is 2.37. The van der Waals surface area contributed by atoms with Gasteiger partial charge in [0.15, 0.2) is 0 Å². The molecule has 3 nitrogen and oxygen atoms in total. The Hall–Kier alpha value is -1.14. The van der Waals surface area contributed by atoms with Crippen molar-refractivity contribution in [3.63, 3.8) is 0 Å². The maximum Gasteiger partial charge on any atom is 0.242 e. The van der Waals surface area contributed by atoms with E-state index < -0.39 is 17.3 Å². The van der Waals surface area contributed by atoms with E-state index in [1.807, 2.05) is 17.5 Å². The SMILES string of the molecule is CC(NCc1cccs1)(C(N)=O)c1cc(F)c(Cl)cc1Cl. The van der Waals surface area contributed by atoms with Gasteiger partial charge in [-0.3, -0.25) is 10.1 Å². The van der Waals surface area contributed by atoms with Crippen LogP contribution in [0.25, 0.3) is 0 Å². The minimum absolute atomic E-state index is 0.103. The van der Waals surface area contributed by atoms with Gasteiger partial charge in [-0.25, -0.2) is 4.39 Å². The lowest BCUT2D eigenvalue weighted by Gasteiger charge is -2.29. The molecule has 0 saturated heterocycles. The normalized spacial score (nSPS) is 13.9. The second-order valence-electron chi connectivity index (χ2n) is 4.67. The van der Waals surface area contributed by atoms with Crippen molar-refractivity contribution in [2.75, 3.05) is 0 Å². The lowest BCUT2D eigenvalue weighted by atomic mass is 9.91. The van der Waals surface area contributed by atoms with Crippen molar-refractivity contribution < 1.29 is 9.18 Å². The minimum Gasteiger partial charge on any atom is -0.368 e. The van der Waals surface area contributed by atoms with Crippen LogP contribution in [0.5, 0.6) is 0 Å². The first-order chi connectivity index (χ1) is 9.84. The molecule has 21 heavy (non-hydrogen) atoms. The summed E-state index contributed by atoms with van der Waals surface area (Å²) in [6.07, 6.45) is 0. The van der Waals surface area contributed by atoms with Gasteiger partial charge in [0.1, 0.15) is 11.4 Å². The molecule has 1 heterocycles. The van der Waals surface area contributed by atoms with Gasteiger partial charge in [-0.1, -0.05) is 29.3 Å². The van der Waals surface area contributed by atoms with E-state index in [-0.39, 0.29) is 15.6 Å². The Kier molecular flexibility index (Phi) is 4.88. The molecule has 0 aliphatic rings. The summed E-state index contributed by atoms with van der Waals surface area (Å²) in [5.74, 6) is -1.30. The van der Waals surface area contributed by atoms with Crippen molar-refractivity contribution in [2.24, 2.45) is 5.73 Å². The van der Waals surface area contributed by atoms with Crippen LogP contribution in [-0.4, -0.2) is 5.91 Å². The van der Waals surface area contributed by atoms with Crippen LogP contribution in [0, 0.1) is 5.82 Å². The third-order valence-corrected chi connectivity index (χ3v) is 4.72. The lowest BCUT2D eigenvalue weighted by Crippen LogP contribution is -2.50. The Morgan fingerprint density at radius 1 is 1.43 bits per heavy atom. The number of hydrogen-bond donors (Lipinski definition) is 2. The molecule has 0 aliphatic heterocycles. The maximum absolute atomic E-state index is 13.7. The zero-order valence-corrected chi connectivity index (χ0v) is 13.4. The molecule has 0 fully saturated rings. The molecule has 1 amide bonds. The molecule has 3 N–H and O–H groups in total. The van der Waals surface area contributed by atoms with Crippen LogP contribution in [0.15, 0.2) is 29.6 Å². The molecule has 2 aromatic rings. The lowest BCUT2D eigenvalue weighted by molar-refractivity contribution is -0.124. The fourth-order valence-electron chi connectivity index (χ4n) is 1.90. The summed E-state index contributed by atoms with van der Waals surface area (Å²) < 4.78 is 13.7. The average Bonchev–Trinajstić information content (AvgIpc) is 2.93. The summed E-state index contributed by atoms with van der Waals surface area (Å²) in [6.45, 7) is 1.98. The fourth-order valence-corrected chi connectivity index (χ4v) is 3.11. The average molecular weight is 347 g/mol. The summed E-state index contributed by atoms with van der Waals surface area (Å²) in [6, 6.07) is 6.22. The van der Waals surface area contributed by atoms with Crippen LogP contribution >= 0.6 is 34.5 Å². The standard InChI is InChI=1S/C14H13Cl2FN2OS/c1-14(13(18)20,19-7-8-3-2-4-21-8)9-5-12(17)11(16)6-10(9)15/h2-6,19H,7H2,1H3,(H2,18,20). The van der Waals surface area contributed by atoms with Crippen molar-refractivity contribution in [1.29, 1.82) is 0 Å². The molecule has 7 heteroatoms. The van der Waals surface area contributed by atoms with E-state index in [1.54, 1.807) is 6.92 Å². The molecule has 1 atom stereocenters. The summed E-state index contributed by atoms with van der Waals surface area (Å²) >= 11 is 13.3. The molecule has 1 unspecified atom stereocenters. The Morgan fingerprint density at radius 3 is 2.71 bits per heavy atom. The van der Waals surface area contributed by atoms with Crippen molar-refractivity contribution in [1.82, 2.24) is 5.32 Å². The molecular weight excluding hydrogens is 334 g/mol. The molecule has 0 spiro atoms. The first kappa shape index (κ1) is 16.2. The predicted octanol–water partition coefficient (Wildman–Crippen LogP) is 3.68. The van der Waals surface area contributed by atoms with E-state index in [1.165, 1.54) is 17.4 Å². The number of carbonyl (C=O) groups excluding carboxylic acids is 1. The minimum atomic E-state index is -1.30. The van der Waals surface area contributed by atoms with Crippen LogP contribution in [0.1, 0.15) is 17.4 Å². The van der Waals surface area contributed by atoms with Gasteiger partial charge in [0.25, 0.3) is 0 Å². The highest BCUT2D eigenvalue weighted by Gasteiger charge is 2.35. The number of benzene rings is 1. The molecule has 0 saturated carbocycles. The highest BCUT2D eigenvalue weighted by molar-refractivity contribution is 7.09. The number of nitrogens with one attached hydrogen (secondary N) is 1. The second-order valence-corrected chi connectivity index (χ2v) is 6.51. The topological polar surface area (TPSA) is 55.1 Å². The van der Waals surface area contributed by atoms with Crippen LogP contribution in [0.2, 0.25) is 10.0 Å². The van der Waals surface area contributed by atoms with Gasteiger partial charge in [0.05, 0.1) is 5.02 Å². The molecule has 0 radical (unpaired) electrons. The van der Waals surface area contributed by atoms with Crippen molar-refractivity contribution in [2.45, 2.75) is 19.0 Å². The van der Waals surface area contributed by atoms with Gasteiger partial charge in [-0.15, -0.1) is 11.3 Å². The largest absolute Gasteiger partial charge is 0.368 e. The molecular formula is C14H13Cl2FN2OS. The number of thiophene rings is 1. The highest BCUT2D eigenvalue weighted by Crippen LogP contribution is 2.32. The third kappa shape index (κ3) is 3.37. The monoisotopic (exact) mass is 346 g/mol. The number of amides is 1. The van der Waals surface area contributed by atoms with E-state index in [4.69, 9.17) is 28.9 Å². The Labute approximate surface area is 135 Å².